The number of nitrogens with one attached hydrogen (secondary N) is 1. The molecule has 0 saturated carbocycles. The van der Waals surface area contributed by atoms with Gasteiger partial charge >= 0.3 is 0 Å². The Labute approximate surface area is 116 Å². The van der Waals surface area contributed by atoms with Gasteiger partial charge in [0.25, 0.3) is 0 Å². The Balaban J connectivity index is 2.01. The molecule has 1 aromatic heterocycles. The van der Waals surface area contributed by atoms with Gasteiger partial charge in [0.15, 0.2) is 5.16 Å². The van der Waals surface area contributed by atoms with Gasteiger partial charge in [-0.15, -0.1) is 0 Å². The van der Waals surface area contributed by atoms with Crippen LogP contribution in [-0.4, -0.2) is 9.97 Å². The molecule has 3 nitrogen and oxygen atoms in total. The summed E-state index contributed by atoms with van der Waals surface area (Å²) in [5, 5.41) is 0.876. The van der Waals surface area contributed by atoms with Crippen molar-refractivity contribution in [3.05, 3.63) is 47.5 Å². The lowest BCUT2D eigenvalue weighted by Gasteiger charge is -2.06. The lowest BCUT2D eigenvalue weighted by Crippen LogP contribution is -1.91. The topological polar surface area (TPSA) is 54.7 Å². The third-order valence-electron chi connectivity index (χ3n) is 3.06. The molecule has 0 aliphatic heterocycles. The zero-order chi connectivity index (χ0) is 13.4. The molecule has 1 heterocycles. The normalized spacial score (nSPS) is 11.1. The second-order valence-corrected chi connectivity index (χ2v) is 5.66. The summed E-state index contributed by atoms with van der Waals surface area (Å²) in [4.78, 5) is 8.99. The minimum Gasteiger partial charge on any atom is -0.398 e. The summed E-state index contributed by atoms with van der Waals surface area (Å²) in [6.45, 7) is 4.14. The van der Waals surface area contributed by atoms with Gasteiger partial charge in [-0.05, 0) is 54.9 Å². The van der Waals surface area contributed by atoms with Crippen molar-refractivity contribution in [2.45, 2.75) is 23.9 Å². The predicted octanol–water partition coefficient (Wildman–Crippen LogP) is 3.91. The molecule has 0 saturated heterocycles. The molecule has 0 aliphatic carbocycles. The number of rotatable bonds is 2. The van der Waals surface area contributed by atoms with E-state index in [4.69, 9.17) is 5.73 Å². The maximum atomic E-state index is 6.03. The van der Waals surface area contributed by atoms with E-state index >= 15 is 0 Å². The average molecular weight is 269 g/mol. The van der Waals surface area contributed by atoms with Crippen molar-refractivity contribution in [2.75, 3.05) is 5.73 Å². The number of nitrogens with two attached hydrogens (primary N) is 1. The minimum atomic E-state index is 0.793. The molecule has 0 amide bonds. The number of fused-ring (bicyclic) bond motifs is 1. The number of benzene rings is 2. The summed E-state index contributed by atoms with van der Waals surface area (Å²) in [6.07, 6.45) is 0. The van der Waals surface area contributed by atoms with Gasteiger partial charge < -0.3 is 10.7 Å². The van der Waals surface area contributed by atoms with E-state index in [0.29, 0.717) is 0 Å². The van der Waals surface area contributed by atoms with Crippen molar-refractivity contribution in [3.63, 3.8) is 0 Å². The van der Waals surface area contributed by atoms with Crippen LogP contribution in [0.2, 0.25) is 0 Å². The Kier molecular flexibility index (Phi) is 2.95. The van der Waals surface area contributed by atoms with E-state index in [9.17, 15) is 0 Å². The Morgan fingerprint density at radius 2 is 2.00 bits per heavy atom. The molecule has 19 heavy (non-hydrogen) atoms. The average Bonchev–Trinajstić information content (AvgIpc) is 2.75. The number of nitrogen functional groups attached to an aromatic ring is 1. The third-order valence-corrected chi connectivity index (χ3v) is 4.21. The molecule has 0 unspecified atom stereocenters. The molecule has 0 aliphatic rings. The molecule has 2 aromatic carbocycles. The van der Waals surface area contributed by atoms with Gasteiger partial charge in [0.2, 0.25) is 0 Å². The molecular formula is C15H15N3S. The molecule has 3 aromatic rings. The van der Waals surface area contributed by atoms with Gasteiger partial charge in [0, 0.05) is 10.6 Å². The molecule has 0 bridgehead atoms. The van der Waals surface area contributed by atoms with Gasteiger partial charge in [0.1, 0.15) is 0 Å². The molecule has 96 valence electrons. The fraction of sp³-hybridized carbons (Fsp3) is 0.133. The number of H-pyrrole nitrogens is 1. The van der Waals surface area contributed by atoms with Crippen molar-refractivity contribution in [3.8, 4) is 0 Å². The van der Waals surface area contributed by atoms with Crippen LogP contribution >= 0.6 is 11.8 Å². The molecule has 3 rings (SSSR count). The molecule has 4 heteroatoms. The molecule has 0 atom stereocenters. The monoisotopic (exact) mass is 269 g/mol. The van der Waals surface area contributed by atoms with Gasteiger partial charge in [-0.2, -0.15) is 0 Å². The van der Waals surface area contributed by atoms with Crippen molar-refractivity contribution in [1.29, 1.82) is 0 Å². The van der Waals surface area contributed by atoms with Crippen LogP contribution in [0.25, 0.3) is 11.0 Å². The minimum absolute atomic E-state index is 0.793. The summed E-state index contributed by atoms with van der Waals surface area (Å²) in [7, 11) is 0. The second-order valence-electron chi connectivity index (χ2n) is 4.66. The van der Waals surface area contributed by atoms with Crippen LogP contribution < -0.4 is 5.73 Å². The summed E-state index contributed by atoms with van der Waals surface area (Å²) >= 11 is 1.58. The first-order valence-electron chi connectivity index (χ1n) is 6.13. The number of aromatic amines is 1. The lowest BCUT2D eigenvalue weighted by atomic mass is 10.2. The fourth-order valence-electron chi connectivity index (χ4n) is 2.06. The Hall–Kier alpha value is -1.94. The maximum absolute atomic E-state index is 6.03. The second kappa shape index (κ2) is 4.63. The van der Waals surface area contributed by atoms with Crippen molar-refractivity contribution in [2.24, 2.45) is 0 Å². The number of imidazole rings is 1. The Morgan fingerprint density at radius 1 is 1.16 bits per heavy atom. The van der Waals surface area contributed by atoms with E-state index < -0.39 is 0 Å². The van der Waals surface area contributed by atoms with E-state index in [1.807, 2.05) is 18.2 Å². The van der Waals surface area contributed by atoms with Crippen molar-refractivity contribution in [1.82, 2.24) is 9.97 Å². The zero-order valence-electron chi connectivity index (χ0n) is 10.9. The molecule has 3 N–H and O–H groups in total. The van der Waals surface area contributed by atoms with Crippen LogP contribution in [0.3, 0.4) is 0 Å². The first-order chi connectivity index (χ1) is 9.13. The number of hydrogen-bond donors (Lipinski definition) is 2. The summed E-state index contributed by atoms with van der Waals surface area (Å²) < 4.78 is 0. The van der Waals surface area contributed by atoms with Crippen LogP contribution in [0.15, 0.2) is 46.5 Å². The highest BCUT2D eigenvalue weighted by molar-refractivity contribution is 7.99. The highest BCUT2D eigenvalue weighted by Crippen LogP contribution is 2.33. The van der Waals surface area contributed by atoms with E-state index in [-0.39, 0.29) is 0 Å². The van der Waals surface area contributed by atoms with Crippen LogP contribution in [0.5, 0.6) is 0 Å². The summed E-state index contributed by atoms with van der Waals surface area (Å²) in [6, 6.07) is 12.2. The molecule has 0 spiro atoms. The first-order valence-corrected chi connectivity index (χ1v) is 6.94. The van der Waals surface area contributed by atoms with Gasteiger partial charge in [-0.1, -0.05) is 18.2 Å². The lowest BCUT2D eigenvalue weighted by molar-refractivity contribution is 1.08. The summed E-state index contributed by atoms with van der Waals surface area (Å²) in [5.74, 6) is 0. The predicted molar refractivity (Wildman–Crippen MR) is 80.5 cm³/mol. The Morgan fingerprint density at radius 3 is 2.79 bits per heavy atom. The van der Waals surface area contributed by atoms with Gasteiger partial charge in [-0.25, -0.2) is 4.98 Å². The third kappa shape index (κ3) is 2.31. The Bertz CT molecular complexity index is 726. The molecule has 0 fully saturated rings. The smallest absolute Gasteiger partial charge is 0.171 e. The SMILES string of the molecule is Cc1ccc2nc(Sc3c(C)cccc3N)[nH]c2c1. The highest BCUT2D eigenvalue weighted by atomic mass is 32.2. The molecular weight excluding hydrogens is 254 g/mol. The van der Waals surface area contributed by atoms with Crippen LogP contribution in [0.1, 0.15) is 11.1 Å². The summed E-state index contributed by atoms with van der Waals surface area (Å²) in [5.41, 5.74) is 11.3. The van der Waals surface area contributed by atoms with E-state index in [1.165, 1.54) is 11.1 Å². The molecule has 0 radical (unpaired) electrons. The van der Waals surface area contributed by atoms with E-state index in [2.05, 4.69) is 42.0 Å². The zero-order valence-corrected chi connectivity index (χ0v) is 11.7. The van der Waals surface area contributed by atoms with Crippen molar-refractivity contribution >= 4 is 28.5 Å². The van der Waals surface area contributed by atoms with E-state index in [0.717, 1.165) is 26.8 Å². The van der Waals surface area contributed by atoms with Crippen molar-refractivity contribution < 1.29 is 0 Å². The largest absolute Gasteiger partial charge is 0.398 e. The number of aryl methyl sites for hydroxylation is 2. The van der Waals surface area contributed by atoms with Crippen LogP contribution in [-0.2, 0) is 0 Å². The standard InChI is InChI=1S/C15H15N3S/c1-9-6-7-12-13(8-9)18-15(17-12)19-14-10(2)4-3-5-11(14)16/h3-8H,16H2,1-2H3,(H,17,18). The van der Waals surface area contributed by atoms with Gasteiger partial charge in [-0.3, -0.25) is 0 Å². The number of aromatic nitrogens is 2. The highest BCUT2D eigenvalue weighted by Gasteiger charge is 2.09. The maximum Gasteiger partial charge on any atom is 0.171 e. The van der Waals surface area contributed by atoms with Crippen LogP contribution in [0, 0.1) is 13.8 Å². The van der Waals surface area contributed by atoms with Crippen LogP contribution in [0.4, 0.5) is 5.69 Å². The van der Waals surface area contributed by atoms with E-state index in [1.54, 1.807) is 11.8 Å². The number of hydrogen-bond acceptors (Lipinski definition) is 3. The quantitative estimate of drug-likeness (QED) is 0.693. The first kappa shape index (κ1) is 12.1. The number of nitrogens with zero attached hydrogens (tertiary/aromatic N) is 1. The number of anilines is 1. The fourth-order valence-corrected chi connectivity index (χ4v) is 2.97. The van der Waals surface area contributed by atoms with Gasteiger partial charge in [0.05, 0.1) is 11.0 Å².